The number of hydrogen-bond acceptors (Lipinski definition) is 0. The molecule has 0 aliphatic heterocycles. The molecule has 0 spiro atoms. The van der Waals surface area contributed by atoms with Crippen LogP contribution < -0.4 is 0 Å². The molecule has 0 heterocycles. The zero-order valence-electron chi connectivity index (χ0n) is 26.4. The van der Waals surface area contributed by atoms with Gasteiger partial charge in [0.25, 0.3) is 0 Å². The van der Waals surface area contributed by atoms with E-state index in [0.717, 1.165) is 76.9 Å². The molecule has 0 aromatic heterocycles. The Balaban J connectivity index is 1.49. The molecule has 13 unspecified atom stereocenters. The van der Waals surface area contributed by atoms with Crippen molar-refractivity contribution in [2.75, 3.05) is 0 Å². The van der Waals surface area contributed by atoms with Gasteiger partial charge in [0.15, 0.2) is 0 Å². The lowest BCUT2D eigenvalue weighted by Crippen LogP contribution is -2.60. The molecule has 0 N–H and O–H groups in total. The van der Waals surface area contributed by atoms with Crippen LogP contribution in [0.15, 0.2) is 22.8 Å². The Kier molecular flexibility index (Phi) is 6.24. The molecule has 0 bridgehead atoms. The van der Waals surface area contributed by atoms with Gasteiger partial charge in [0.2, 0.25) is 0 Å². The minimum atomic E-state index is 0.548. The fraction of sp³-hybridized carbons (Fsp3) is 0.895. The summed E-state index contributed by atoms with van der Waals surface area (Å²) in [6.45, 7) is 21.2. The van der Waals surface area contributed by atoms with E-state index in [2.05, 4.69) is 67.0 Å². The fourth-order valence-electron chi connectivity index (χ4n) is 13.7. The summed E-state index contributed by atoms with van der Waals surface area (Å²) in [5, 5.41) is 0. The smallest absolute Gasteiger partial charge is 0.00916 e. The van der Waals surface area contributed by atoms with Crippen LogP contribution in [0.2, 0.25) is 0 Å². The molecule has 212 valence electrons. The van der Waals surface area contributed by atoms with Crippen LogP contribution in [0.1, 0.15) is 126 Å². The van der Waals surface area contributed by atoms with Crippen LogP contribution in [0.4, 0.5) is 0 Å². The number of allylic oxidation sites excluding steroid dienone is 4. The largest absolute Gasteiger partial charge is 0.0768 e. The topological polar surface area (TPSA) is 0 Å². The maximum absolute atomic E-state index is 3.02. The Morgan fingerprint density at radius 2 is 1.47 bits per heavy atom. The number of fused-ring (bicyclic) bond motifs is 6. The zero-order valence-corrected chi connectivity index (χ0v) is 26.4. The van der Waals surface area contributed by atoms with Crippen molar-refractivity contribution in [1.82, 2.24) is 0 Å². The molecule has 0 aromatic rings. The molecule has 7 aliphatic carbocycles. The van der Waals surface area contributed by atoms with E-state index in [1.54, 1.807) is 6.42 Å². The maximum atomic E-state index is 3.02. The molecule has 0 nitrogen and oxygen atoms in total. The SMILES string of the molecule is CC(C)C1CCC2C3=C1C1=CC4C(C)CCCC4(C)C4CCC(C(C)C)C(C3CC3C(C)CCCC23C)C14. The van der Waals surface area contributed by atoms with Gasteiger partial charge < -0.3 is 0 Å². The van der Waals surface area contributed by atoms with Crippen LogP contribution in [-0.2, 0) is 0 Å². The predicted octanol–water partition coefficient (Wildman–Crippen LogP) is 10.7. The minimum Gasteiger partial charge on any atom is -0.0768 e. The summed E-state index contributed by atoms with van der Waals surface area (Å²) < 4.78 is 0. The van der Waals surface area contributed by atoms with Gasteiger partial charge in [-0.05, 0) is 144 Å². The first-order valence-corrected chi connectivity index (χ1v) is 17.5. The Labute approximate surface area is 236 Å². The molecule has 13 atom stereocenters. The first-order chi connectivity index (χ1) is 18.1. The third-order valence-corrected chi connectivity index (χ3v) is 15.3. The first kappa shape index (κ1) is 26.4. The summed E-state index contributed by atoms with van der Waals surface area (Å²) >= 11 is 0. The molecular formula is C38H60. The van der Waals surface area contributed by atoms with E-state index in [4.69, 9.17) is 0 Å². The van der Waals surface area contributed by atoms with Crippen molar-refractivity contribution in [2.45, 2.75) is 126 Å². The van der Waals surface area contributed by atoms with Crippen molar-refractivity contribution < 1.29 is 0 Å². The Bertz CT molecular complexity index is 1010. The summed E-state index contributed by atoms with van der Waals surface area (Å²) in [6.07, 6.45) is 19.5. The number of hydrogen-bond donors (Lipinski definition) is 0. The second kappa shape index (κ2) is 8.99. The molecule has 7 rings (SSSR count). The second-order valence-electron chi connectivity index (χ2n) is 17.4. The van der Waals surface area contributed by atoms with Gasteiger partial charge in [-0.15, -0.1) is 0 Å². The quantitative estimate of drug-likeness (QED) is 0.342. The van der Waals surface area contributed by atoms with Gasteiger partial charge in [-0.3, -0.25) is 0 Å². The monoisotopic (exact) mass is 516 g/mol. The van der Waals surface area contributed by atoms with Crippen LogP contribution in [0, 0.1) is 87.8 Å². The Morgan fingerprint density at radius 1 is 0.763 bits per heavy atom. The summed E-state index contributed by atoms with van der Waals surface area (Å²) in [4.78, 5) is 0. The minimum absolute atomic E-state index is 0.548. The van der Waals surface area contributed by atoms with E-state index >= 15 is 0 Å². The third kappa shape index (κ3) is 3.39. The standard InChI is InChI=1S/C38H60/c1-21(2)25-13-15-29-35-28(20-32-24(6)12-9-17-37(29,32)7)34-26(22(3)4)14-16-30-36(34)27(33(25)35)19-31-23(5)11-10-18-38(30,31)8/h19,21-26,28-32,34,36H,9-18,20H2,1-8H3. The van der Waals surface area contributed by atoms with Gasteiger partial charge >= 0.3 is 0 Å². The average molecular weight is 517 g/mol. The molecule has 0 saturated heterocycles. The van der Waals surface area contributed by atoms with Crippen molar-refractivity contribution >= 4 is 0 Å². The predicted molar refractivity (Wildman–Crippen MR) is 162 cm³/mol. The highest BCUT2D eigenvalue weighted by Gasteiger charge is 2.64. The van der Waals surface area contributed by atoms with Crippen LogP contribution >= 0.6 is 0 Å². The van der Waals surface area contributed by atoms with Crippen molar-refractivity contribution in [3.8, 4) is 0 Å². The zero-order chi connectivity index (χ0) is 26.7. The van der Waals surface area contributed by atoms with E-state index in [9.17, 15) is 0 Å². The van der Waals surface area contributed by atoms with Crippen molar-refractivity contribution in [3.63, 3.8) is 0 Å². The van der Waals surface area contributed by atoms with Crippen LogP contribution in [0.25, 0.3) is 0 Å². The van der Waals surface area contributed by atoms with Crippen molar-refractivity contribution in [3.05, 3.63) is 22.8 Å². The van der Waals surface area contributed by atoms with Crippen molar-refractivity contribution in [1.29, 1.82) is 0 Å². The van der Waals surface area contributed by atoms with Crippen molar-refractivity contribution in [2.24, 2.45) is 87.8 Å². The molecule has 4 saturated carbocycles. The molecule has 7 aliphatic rings. The van der Waals surface area contributed by atoms with Gasteiger partial charge in [0.05, 0.1) is 0 Å². The van der Waals surface area contributed by atoms with Gasteiger partial charge in [0, 0.05) is 0 Å². The van der Waals surface area contributed by atoms with Gasteiger partial charge in [0.1, 0.15) is 0 Å². The molecule has 0 heteroatoms. The highest BCUT2D eigenvalue weighted by molar-refractivity contribution is 5.51. The van der Waals surface area contributed by atoms with Crippen LogP contribution in [0.5, 0.6) is 0 Å². The van der Waals surface area contributed by atoms with Gasteiger partial charge in [-0.2, -0.15) is 0 Å². The van der Waals surface area contributed by atoms with Gasteiger partial charge in [-0.25, -0.2) is 0 Å². The van der Waals surface area contributed by atoms with Crippen LogP contribution in [-0.4, -0.2) is 0 Å². The Morgan fingerprint density at radius 3 is 2.18 bits per heavy atom. The molecule has 0 amide bonds. The first-order valence-electron chi connectivity index (χ1n) is 17.5. The molecule has 38 heavy (non-hydrogen) atoms. The van der Waals surface area contributed by atoms with E-state index in [-0.39, 0.29) is 0 Å². The van der Waals surface area contributed by atoms with E-state index in [1.807, 2.05) is 11.1 Å². The fourth-order valence-corrected chi connectivity index (χ4v) is 13.7. The van der Waals surface area contributed by atoms with E-state index in [1.165, 1.54) is 64.2 Å². The number of rotatable bonds is 2. The van der Waals surface area contributed by atoms with Crippen LogP contribution in [0.3, 0.4) is 0 Å². The molecule has 4 fully saturated rings. The van der Waals surface area contributed by atoms with E-state index < -0.39 is 0 Å². The normalized spacial score (nSPS) is 53.6. The van der Waals surface area contributed by atoms with E-state index in [0.29, 0.717) is 10.8 Å². The third-order valence-electron chi connectivity index (χ3n) is 15.3. The Hall–Kier alpha value is -0.520. The van der Waals surface area contributed by atoms with Gasteiger partial charge in [-0.1, -0.05) is 92.7 Å². The summed E-state index contributed by atoms with van der Waals surface area (Å²) in [7, 11) is 0. The molecular weight excluding hydrogens is 456 g/mol. The highest BCUT2D eigenvalue weighted by Crippen LogP contribution is 2.73. The lowest BCUT2D eigenvalue weighted by Gasteiger charge is -2.68. The lowest BCUT2D eigenvalue weighted by molar-refractivity contribution is -0.103. The molecule has 0 aromatic carbocycles. The summed E-state index contributed by atoms with van der Waals surface area (Å²) in [5.74, 6) is 11.5. The maximum Gasteiger partial charge on any atom is -0.00916 e. The summed E-state index contributed by atoms with van der Waals surface area (Å²) in [5.41, 5.74) is 7.19. The highest BCUT2D eigenvalue weighted by atomic mass is 14.7. The lowest BCUT2D eigenvalue weighted by atomic mass is 9.37. The average Bonchev–Trinajstić information content (AvgIpc) is 2.87. The summed E-state index contributed by atoms with van der Waals surface area (Å²) in [6, 6.07) is 0. The molecule has 0 radical (unpaired) electrons. The second-order valence-corrected chi connectivity index (χ2v) is 17.4.